The molecule has 4 saturated carbocycles. The van der Waals surface area contributed by atoms with Crippen LogP contribution in [0.15, 0.2) is 11.6 Å². The van der Waals surface area contributed by atoms with Crippen LogP contribution < -0.4 is 51.4 Å². The molecule has 1 saturated heterocycles. The van der Waals surface area contributed by atoms with Crippen molar-refractivity contribution in [3.63, 3.8) is 0 Å². The molecule has 5 fully saturated rings. The molecular formula is C23H40KO5S5+. The number of aliphatic hydroxyl groups is 1. The van der Waals surface area contributed by atoms with Gasteiger partial charge in [0.1, 0.15) is 5.60 Å². The summed E-state index contributed by atoms with van der Waals surface area (Å²) in [6, 6.07) is 0. The van der Waals surface area contributed by atoms with Crippen LogP contribution in [0.25, 0.3) is 0 Å². The number of aliphatic carboxylic acids is 1. The van der Waals surface area contributed by atoms with Gasteiger partial charge in [-0.05, 0) is 68.3 Å². The largest absolute Gasteiger partial charge is 1.00 e. The summed E-state index contributed by atoms with van der Waals surface area (Å²) in [5.74, 6) is 1.36. The van der Waals surface area contributed by atoms with Crippen LogP contribution in [0, 0.1) is 34.5 Å². The third kappa shape index (κ3) is 4.43. The molecule has 0 aromatic rings. The Kier molecular flexibility index (Phi) is 12.1. The van der Waals surface area contributed by atoms with Crippen molar-refractivity contribution < 1.29 is 75.9 Å². The third-order valence-corrected chi connectivity index (χ3v) is 10.2. The summed E-state index contributed by atoms with van der Waals surface area (Å²) in [7, 11) is 0. The minimum Gasteiger partial charge on any atom is -0.481 e. The maximum absolute atomic E-state index is 12.1. The van der Waals surface area contributed by atoms with E-state index in [4.69, 9.17) is 4.74 Å². The van der Waals surface area contributed by atoms with Gasteiger partial charge >= 0.3 is 57.4 Å². The van der Waals surface area contributed by atoms with E-state index < -0.39 is 11.6 Å². The molecule has 1 spiro atoms. The molecule has 6 rings (SSSR count). The zero-order valence-electron chi connectivity index (χ0n) is 20.2. The molecule has 6 aliphatic rings. The third-order valence-electron chi connectivity index (χ3n) is 10.2. The number of hydrogen-bond donors (Lipinski definition) is 2. The van der Waals surface area contributed by atoms with E-state index in [2.05, 4.69) is 13.8 Å². The van der Waals surface area contributed by atoms with Crippen molar-refractivity contribution >= 4 is 79.2 Å². The van der Waals surface area contributed by atoms with E-state index in [1.54, 1.807) is 0 Å². The molecule has 1 heterocycles. The molecule has 5 aliphatic carbocycles. The number of ketones is 1. The minimum atomic E-state index is -0.905. The van der Waals surface area contributed by atoms with Crippen molar-refractivity contribution in [1.82, 2.24) is 0 Å². The van der Waals surface area contributed by atoms with Crippen LogP contribution in [-0.4, -0.2) is 39.3 Å². The van der Waals surface area contributed by atoms with Crippen LogP contribution in [0.3, 0.4) is 0 Å². The number of carbonyl (C=O) groups is 2. The smallest absolute Gasteiger partial charge is 0.481 e. The van der Waals surface area contributed by atoms with E-state index >= 15 is 0 Å². The van der Waals surface area contributed by atoms with Crippen LogP contribution in [0.4, 0.5) is 0 Å². The molecule has 3 unspecified atom stereocenters. The van der Waals surface area contributed by atoms with Crippen LogP contribution in [0.1, 0.15) is 65.2 Å². The molecule has 0 aromatic carbocycles. The summed E-state index contributed by atoms with van der Waals surface area (Å²) >= 11 is 0. The van der Waals surface area contributed by atoms with Gasteiger partial charge in [-0.15, -0.1) is 0 Å². The van der Waals surface area contributed by atoms with E-state index in [-0.39, 0.29) is 154 Å². The molecule has 2 N–H and O–H groups in total. The molecule has 0 radical (unpaired) electrons. The van der Waals surface area contributed by atoms with Crippen molar-refractivity contribution in [3.05, 3.63) is 11.6 Å². The average molecular weight is 596 g/mol. The Hall–Kier alpha value is 2.19. The number of carboxylic acid groups (broad SMARTS) is 1. The van der Waals surface area contributed by atoms with Gasteiger partial charge < -0.3 is 14.9 Å². The number of fused-ring (bicyclic) bond motifs is 6. The zero-order chi connectivity index (χ0) is 19.7. The van der Waals surface area contributed by atoms with E-state index in [9.17, 15) is 19.8 Å². The molecule has 0 aromatic heterocycles. The van der Waals surface area contributed by atoms with E-state index in [1.807, 2.05) is 6.08 Å². The van der Waals surface area contributed by atoms with Gasteiger partial charge in [0.25, 0.3) is 0 Å². The van der Waals surface area contributed by atoms with Gasteiger partial charge in [0.2, 0.25) is 0 Å². The van der Waals surface area contributed by atoms with Crippen molar-refractivity contribution in [2.75, 3.05) is 0 Å². The fraction of sp³-hybridized carbons (Fsp3) is 0.826. The standard InChI is InChI=1S/C23H30O5.K.5H2S/c1-20-6-3-12(24)9-16(20)13-10-14(13)19-15-4-7-22(27,8-5-18(25)26)21(15,2)11-17-23(19,20)28-17;;;;;;/h9,13-15,17,19,27H,3-8,10-11H2,1-2H3,(H,25,26);;5*1H2/q;+1;;;;;/t13?,14?,15-,17?,19-,20-,21-,22+,23+;;;;;;/m0....../s1. The number of epoxide rings is 1. The minimum absolute atomic E-state index is 0. The maximum atomic E-state index is 12.1. The van der Waals surface area contributed by atoms with Crippen LogP contribution >= 0.6 is 67.5 Å². The van der Waals surface area contributed by atoms with Crippen molar-refractivity contribution in [3.8, 4) is 0 Å². The number of hydrogen-bond acceptors (Lipinski definition) is 4. The predicted octanol–water partition coefficient (Wildman–Crippen LogP) is 0.669. The fourth-order valence-corrected chi connectivity index (χ4v) is 8.66. The number of rotatable bonds is 3. The zero-order valence-corrected chi connectivity index (χ0v) is 28.4. The van der Waals surface area contributed by atoms with Crippen molar-refractivity contribution in [2.24, 2.45) is 34.5 Å². The first-order valence-electron chi connectivity index (χ1n) is 11.0. The summed E-state index contributed by atoms with van der Waals surface area (Å²) in [5.41, 5.74) is -0.0168. The Bertz CT molecular complexity index is 860. The quantitative estimate of drug-likeness (QED) is 0.370. The normalized spacial score (nSPS) is 47.7. The van der Waals surface area contributed by atoms with Gasteiger partial charge in [-0.3, -0.25) is 9.59 Å². The van der Waals surface area contributed by atoms with Gasteiger partial charge in [0.05, 0.1) is 11.7 Å². The first-order valence-corrected chi connectivity index (χ1v) is 11.0. The summed E-state index contributed by atoms with van der Waals surface area (Å²) in [6.07, 6.45) is 7.59. The molecule has 0 amide bonds. The molecule has 9 atom stereocenters. The fourth-order valence-electron chi connectivity index (χ4n) is 8.66. The maximum Gasteiger partial charge on any atom is 1.00 e. The summed E-state index contributed by atoms with van der Waals surface area (Å²) < 4.78 is 6.62. The molecular weight excluding hydrogens is 556 g/mol. The van der Waals surface area contributed by atoms with Gasteiger partial charge in [0.15, 0.2) is 5.78 Å². The Morgan fingerprint density at radius 3 is 2.41 bits per heavy atom. The number of ether oxygens (including phenoxy) is 1. The van der Waals surface area contributed by atoms with Gasteiger partial charge in [-0.1, -0.05) is 19.4 Å². The van der Waals surface area contributed by atoms with Crippen molar-refractivity contribution in [2.45, 2.75) is 82.5 Å². The molecule has 192 valence electrons. The second-order valence-corrected chi connectivity index (χ2v) is 11.0. The van der Waals surface area contributed by atoms with Gasteiger partial charge in [-0.25, -0.2) is 0 Å². The Labute approximate surface area is 280 Å². The SMILES string of the molecule is C[C@]12CCC(=O)C=C1C1CC1[C@H]1[C@@H]3CC[C@@](O)(CCC(=O)O)[C@@]3(C)CC3O[C@]312.S.S.S.S.S.[K+]. The van der Waals surface area contributed by atoms with Gasteiger partial charge in [0, 0.05) is 23.7 Å². The van der Waals surface area contributed by atoms with E-state index in [0.717, 1.165) is 25.7 Å². The van der Waals surface area contributed by atoms with E-state index in [1.165, 1.54) is 5.57 Å². The van der Waals surface area contributed by atoms with Crippen LogP contribution in [0.2, 0.25) is 0 Å². The summed E-state index contributed by atoms with van der Waals surface area (Å²) in [6.45, 7) is 4.54. The second-order valence-electron chi connectivity index (χ2n) is 11.0. The van der Waals surface area contributed by atoms with E-state index in [0.29, 0.717) is 42.9 Å². The Morgan fingerprint density at radius 2 is 1.79 bits per heavy atom. The summed E-state index contributed by atoms with van der Waals surface area (Å²) in [4.78, 5) is 23.3. The predicted molar refractivity (Wildman–Crippen MR) is 152 cm³/mol. The number of carbonyl (C=O) groups excluding carboxylic acids is 1. The molecule has 0 bridgehead atoms. The first kappa shape index (κ1) is 36.2. The van der Waals surface area contributed by atoms with Crippen molar-refractivity contribution in [1.29, 1.82) is 0 Å². The molecule has 11 heteroatoms. The van der Waals surface area contributed by atoms with Crippen LogP contribution in [0.5, 0.6) is 0 Å². The Morgan fingerprint density at radius 1 is 1.15 bits per heavy atom. The monoisotopic (exact) mass is 595 g/mol. The average Bonchev–Trinajstić information content (AvgIpc) is 3.52. The summed E-state index contributed by atoms with van der Waals surface area (Å²) in [5, 5.41) is 20.8. The number of carboxylic acids is 1. The molecule has 34 heavy (non-hydrogen) atoms. The van der Waals surface area contributed by atoms with Crippen LogP contribution in [-0.2, 0) is 14.3 Å². The molecule has 5 nitrogen and oxygen atoms in total. The second kappa shape index (κ2) is 11.4. The first-order chi connectivity index (χ1) is 13.2. The van der Waals surface area contributed by atoms with Gasteiger partial charge in [-0.2, -0.15) is 67.5 Å². The Balaban J connectivity index is 0.00000181. The topological polar surface area (TPSA) is 87.1 Å². The molecule has 1 aliphatic heterocycles.